The largest absolute Gasteiger partial charge is 0.487 e. The van der Waals surface area contributed by atoms with Crippen LogP contribution in [0.2, 0.25) is 0 Å². The standard InChI is InChI=1S/C18H19N3O4/c22-16(14-15(17(23)24)20-10-19-14)21-12-9-18(7-3-4-8-18)25-13-6-2-1-5-11(12)13/h1-2,5-6,10,12H,3-4,7-9H2,(H,19,20)(H,21,22)(H,23,24)/t12-/m1/s1. The number of amides is 1. The van der Waals surface area contributed by atoms with Crippen LogP contribution < -0.4 is 10.1 Å². The number of fused-ring (bicyclic) bond motifs is 1. The smallest absolute Gasteiger partial charge is 0.354 e. The number of benzene rings is 1. The van der Waals surface area contributed by atoms with Crippen molar-refractivity contribution in [2.24, 2.45) is 0 Å². The number of nitrogens with zero attached hydrogens (tertiary/aromatic N) is 1. The second-order valence-electron chi connectivity index (χ2n) is 6.69. The van der Waals surface area contributed by atoms with Gasteiger partial charge in [0.2, 0.25) is 0 Å². The first kappa shape index (κ1) is 15.7. The molecule has 1 aromatic heterocycles. The number of para-hydroxylation sites is 1. The van der Waals surface area contributed by atoms with Gasteiger partial charge in [-0.1, -0.05) is 18.2 Å². The van der Waals surface area contributed by atoms with Gasteiger partial charge in [0.25, 0.3) is 5.91 Å². The van der Waals surface area contributed by atoms with Crippen molar-refractivity contribution in [3.63, 3.8) is 0 Å². The molecule has 1 amide bonds. The number of rotatable bonds is 3. The van der Waals surface area contributed by atoms with Crippen LogP contribution in [0.3, 0.4) is 0 Å². The number of carboxylic acid groups (broad SMARTS) is 1. The molecule has 7 nitrogen and oxygen atoms in total. The Morgan fingerprint density at radius 3 is 2.80 bits per heavy atom. The van der Waals surface area contributed by atoms with Crippen molar-refractivity contribution in [2.75, 3.05) is 0 Å². The fourth-order valence-corrected chi connectivity index (χ4v) is 3.93. The zero-order valence-corrected chi connectivity index (χ0v) is 13.6. The highest BCUT2D eigenvalue weighted by molar-refractivity contribution is 6.02. The molecule has 0 bridgehead atoms. The number of carboxylic acids is 1. The van der Waals surface area contributed by atoms with Crippen molar-refractivity contribution >= 4 is 11.9 Å². The minimum Gasteiger partial charge on any atom is -0.487 e. The topological polar surface area (TPSA) is 104 Å². The van der Waals surface area contributed by atoms with Gasteiger partial charge in [-0.2, -0.15) is 0 Å². The Kier molecular flexibility index (Phi) is 3.71. The molecule has 2 aromatic rings. The van der Waals surface area contributed by atoms with Gasteiger partial charge in [0.05, 0.1) is 12.4 Å². The Hall–Kier alpha value is -2.83. The minimum absolute atomic E-state index is 0.100. The number of hydrogen-bond acceptors (Lipinski definition) is 4. The molecule has 1 aliphatic carbocycles. The van der Waals surface area contributed by atoms with Crippen LogP contribution in [-0.4, -0.2) is 32.6 Å². The van der Waals surface area contributed by atoms with E-state index in [1.165, 1.54) is 6.33 Å². The Labute approximate surface area is 144 Å². The lowest BCUT2D eigenvalue weighted by atomic mass is 9.86. The van der Waals surface area contributed by atoms with Crippen LogP contribution in [0.25, 0.3) is 0 Å². The van der Waals surface area contributed by atoms with Crippen LogP contribution in [0.5, 0.6) is 5.75 Å². The van der Waals surface area contributed by atoms with Crippen molar-refractivity contribution in [1.82, 2.24) is 15.3 Å². The second-order valence-corrected chi connectivity index (χ2v) is 6.69. The molecule has 0 unspecified atom stereocenters. The van der Waals surface area contributed by atoms with Crippen molar-refractivity contribution in [3.05, 3.63) is 47.5 Å². The van der Waals surface area contributed by atoms with Gasteiger partial charge in [-0.05, 0) is 31.7 Å². The molecule has 2 heterocycles. The number of imidazole rings is 1. The predicted molar refractivity (Wildman–Crippen MR) is 88.6 cm³/mol. The summed E-state index contributed by atoms with van der Waals surface area (Å²) in [4.78, 5) is 30.2. The molecule has 0 radical (unpaired) electrons. The van der Waals surface area contributed by atoms with Gasteiger partial charge in [0, 0.05) is 12.0 Å². The molecule has 1 atom stereocenters. The first-order valence-electron chi connectivity index (χ1n) is 8.43. The Bertz CT molecular complexity index is 823. The van der Waals surface area contributed by atoms with E-state index in [-0.39, 0.29) is 23.0 Å². The van der Waals surface area contributed by atoms with E-state index in [0.29, 0.717) is 6.42 Å². The van der Waals surface area contributed by atoms with Gasteiger partial charge in [-0.25, -0.2) is 9.78 Å². The van der Waals surface area contributed by atoms with Crippen molar-refractivity contribution < 1.29 is 19.4 Å². The highest BCUT2D eigenvalue weighted by Gasteiger charge is 2.43. The molecule has 0 saturated heterocycles. The molecule has 4 rings (SSSR count). The summed E-state index contributed by atoms with van der Waals surface area (Å²) >= 11 is 0. The SMILES string of the molecule is O=C(N[C@@H]1CC2(CCCC2)Oc2ccccc21)c1nc[nH]c1C(=O)O. The van der Waals surface area contributed by atoms with Gasteiger partial charge >= 0.3 is 5.97 Å². The monoisotopic (exact) mass is 341 g/mol. The molecule has 130 valence electrons. The summed E-state index contributed by atoms with van der Waals surface area (Å²) in [7, 11) is 0. The van der Waals surface area contributed by atoms with Gasteiger partial charge in [-0.3, -0.25) is 4.79 Å². The van der Waals surface area contributed by atoms with E-state index >= 15 is 0 Å². The summed E-state index contributed by atoms with van der Waals surface area (Å²) in [6.45, 7) is 0. The number of carbonyl (C=O) groups excluding carboxylic acids is 1. The maximum atomic E-state index is 12.6. The molecule has 1 aliphatic heterocycles. The summed E-state index contributed by atoms with van der Waals surface area (Å²) in [5.74, 6) is -0.905. The molecule has 1 fully saturated rings. The van der Waals surface area contributed by atoms with E-state index in [1.807, 2.05) is 24.3 Å². The lowest BCUT2D eigenvalue weighted by Gasteiger charge is -2.40. The van der Waals surface area contributed by atoms with Gasteiger partial charge in [-0.15, -0.1) is 0 Å². The number of ether oxygens (including phenoxy) is 1. The number of hydrogen-bond donors (Lipinski definition) is 3. The zero-order valence-electron chi connectivity index (χ0n) is 13.6. The summed E-state index contributed by atoms with van der Waals surface area (Å²) in [6.07, 6.45) is 6.07. The average molecular weight is 341 g/mol. The van der Waals surface area contributed by atoms with Crippen LogP contribution >= 0.6 is 0 Å². The van der Waals surface area contributed by atoms with Crippen molar-refractivity contribution in [1.29, 1.82) is 0 Å². The van der Waals surface area contributed by atoms with Crippen LogP contribution in [0.4, 0.5) is 0 Å². The Morgan fingerprint density at radius 2 is 2.04 bits per heavy atom. The van der Waals surface area contributed by atoms with E-state index in [4.69, 9.17) is 9.84 Å². The predicted octanol–water partition coefficient (Wildman–Crippen LogP) is 2.67. The molecular weight excluding hydrogens is 322 g/mol. The van der Waals surface area contributed by atoms with E-state index in [9.17, 15) is 9.59 Å². The van der Waals surface area contributed by atoms with E-state index < -0.39 is 11.9 Å². The lowest BCUT2D eigenvalue weighted by Crippen LogP contribution is -2.43. The average Bonchev–Trinajstić information content (AvgIpc) is 3.24. The minimum atomic E-state index is -1.21. The van der Waals surface area contributed by atoms with Crippen LogP contribution in [0.1, 0.15) is 64.7 Å². The molecule has 1 aromatic carbocycles. The van der Waals surface area contributed by atoms with Crippen LogP contribution in [-0.2, 0) is 0 Å². The lowest BCUT2D eigenvalue weighted by molar-refractivity contribution is 0.0359. The maximum absolute atomic E-state index is 12.6. The van der Waals surface area contributed by atoms with Crippen LogP contribution in [0.15, 0.2) is 30.6 Å². The number of aromatic carboxylic acids is 1. The van der Waals surface area contributed by atoms with Crippen LogP contribution in [0, 0.1) is 0 Å². The second kappa shape index (κ2) is 5.91. The first-order valence-corrected chi connectivity index (χ1v) is 8.43. The number of carbonyl (C=O) groups is 2. The van der Waals surface area contributed by atoms with Crippen molar-refractivity contribution in [3.8, 4) is 5.75 Å². The third-order valence-corrected chi connectivity index (χ3v) is 5.09. The summed E-state index contributed by atoms with van der Waals surface area (Å²) in [5, 5.41) is 12.1. The third-order valence-electron chi connectivity index (χ3n) is 5.09. The molecular formula is C18H19N3O4. The van der Waals surface area contributed by atoms with Crippen molar-refractivity contribution in [2.45, 2.75) is 43.7 Å². The van der Waals surface area contributed by atoms with E-state index in [2.05, 4.69) is 15.3 Å². The maximum Gasteiger partial charge on any atom is 0.354 e. The zero-order chi connectivity index (χ0) is 17.4. The summed E-state index contributed by atoms with van der Waals surface area (Å²) < 4.78 is 6.28. The molecule has 1 spiro atoms. The quantitative estimate of drug-likeness (QED) is 0.796. The number of nitrogens with one attached hydrogen (secondary N) is 2. The number of aromatic amines is 1. The fraction of sp³-hybridized carbons (Fsp3) is 0.389. The molecule has 2 aliphatic rings. The molecule has 25 heavy (non-hydrogen) atoms. The van der Waals surface area contributed by atoms with E-state index in [1.54, 1.807) is 0 Å². The summed E-state index contributed by atoms with van der Waals surface area (Å²) in [6, 6.07) is 7.46. The Morgan fingerprint density at radius 1 is 1.28 bits per heavy atom. The highest BCUT2D eigenvalue weighted by atomic mass is 16.5. The van der Waals surface area contributed by atoms with Gasteiger partial charge in [0.15, 0.2) is 11.4 Å². The molecule has 7 heteroatoms. The van der Waals surface area contributed by atoms with Gasteiger partial charge < -0.3 is 20.1 Å². The third kappa shape index (κ3) is 2.75. The molecule has 1 saturated carbocycles. The normalized spacial score (nSPS) is 20.7. The highest BCUT2D eigenvalue weighted by Crippen LogP contribution is 2.47. The number of aromatic nitrogens is 2. The number of H-pyrrole nitrogens is 1. The molecule has 3 N–H and O–H groups in total. The Balaban J connectivity index is 1.63. The summed E-state index contributed by atoms with van der Waals surface area (Å²) in [5.41, 5.74) is 0.374. The first-order chi connectivity index (χ1) is 12.1. The van der Waals surface area contributed by atoms with E-state index in [0.717, 1.165) is 37.0 Å². The fourth-order valence-electron chi connectivity index (χ4n) is 3.93. The van der Waals surface area contributed by atoms with Gasteiger partial charge in [0.1, 0.15) is 11.4 Å².